The molecule has 0 spiro atoms. The van der Waals surface area contributed by atoms with Crippen molar-refractivity contribution in [1.29, 1.82) is 0 Å². The van der Waals surface area contributed by atoms with Gasteiger partial charge in [0, 0.05) is 10.0 Å². The summed E-state index contributed by atoms with van der Waals surface area (Å²) in [5.74, 6) is 0.496. The molecule has 100 valence electrons. The molecule has 3 rings (SSSR count). The van der Waals surface area contributed by atoms with Gasteiger partial charge in [0.05, 0.1) is 17.4 Å². The van der Waals surface area contributed by atoms with E-state index in [4.69, 9.17) is 5.73 Å². The molecule has 5 heteroatoms. The van der Waals surface area contributed by atoms with Crippen LogP contribution < -0.4 is 5.73 Å². The highest BCUT2D eigenvalue weighted by molar-refractivity contribution is 9.10. The second-order valence-corrected chi connectivity index (χ2v) is 6.05. The Morgan fingerprint density at radius 1 is 1.32 bits per heavy atom. The van der Waals surface area contributed by atoms with Crippen molar-refractivity contribution in [2.24, 2.45) is 5.73 Å². The molecule has 3 nitrogen and oxygen atoms in total. The number of halogens is 2. The van der Waals surface area contributed by atoms with Crippen LogP contribution in [0.4, 0.5) is 4.39 Å². The second kappa shape index (κ2) is 4.72. The van der Waals surface area contributed by atoms with Crippen LogP contribution in [0.1, 0.15) is 31.5 Å². The molecule has 1 aromatic heterocycles. The third kappa shape index (κ3) is 2.32. The highest BCUT2D eigenvalue weighted by Gasteiger charge is 2.34. The Hall–Kier alpha value is -1.20. The molecule has 0 atom stereocenters. The van der Waals surface area contributed by atoms with Crippen LogP contribution in [0, 0.1) is 5.82 Å². The Kier molecular flexibility index (Phi) is 3.19. The highest BCUT2D eigenvalue weighted by atomic mass is 79.9. The molecule has 0 unspecified atom stereocenters. The van der Waals surface area contributed by atoms with Crippen LogP contribution in [-0.4, -0.2) is 9.97 Å². The van der Waals surface area contributed by atoms with E-state index in [1.54, 1.807) is 18.3 Å². The molecule has 1 aliphatic rings. The molecule has 0 aliphatic heterocycles. The van der Waals surface area contributed by atoms with Gasteiger partial charge in [-0.3, -0.25) is 0 Å². The number of nitrogens with one attached hydrogen (secondary N) is 1. The monoisotopic (exact) mass is 323 g/mol. The van der Waals surface area contributed by atoms with Crippen molar-refractivity contribution in [3.8, 4) is 11.3 Å². The summed E-state index contributed by atoms with van der Waals surface area (Å²) < 4.78 is 14.7. The molecular weight excluding hydrogens is 309 g/mol. The Labute approximate surface area is 119 Å². The molecular formula is C14H15BrFN3. The molecule has 0 saturated heterocycles. The van der Waals surface area contributed by atoms with Gasteiger partial charge in [0.2, 0.25) is 0 Å². The highest BCUT2D eigenvalue weighted by Crippen LogP contribution is 2.35. The van der Waals surface area contributed by atoms with Crippen LogP contribution in [0.5, 0.6) is 0 Å². The van der Waals surface area contributed by atoms with Gasteiger partial charge in [-0.2, -0.15) is 0 Å². The molecule has 0 bridgehead atoms. The maximum absolute atomic E-state index is 13.8. The van der Waals surface area contributed by atoms with Crippen LogP contribution in [0.2, 0.25) is 0 Å². The number of rotatable bonds is 2. The van der Waals surface area contributed by atoms with Crippen LogP contribution >= 0.6 is 15.9 Å². The standard InChI is InChI=1S/C14H15BrFN3/c15-9-3-4-11(16)10(7-9)12-8-18-13(19-12)14(17)5-1-2-6-14/h3-4,7-8H,1-2,5-6,17H2,(H,18,19). The first-order valence-corrected chi connectivity index (χ1v) is 7.18. The van der Waals surface area contributed by atoms with Crippen molar-refractivity contribution in [3.63, 3.8) is 0 Å². The van der Waals surface area contributed by atoms with E-state index in [0.717, 1.165) is 36.0 Å². The predicted molar refractivity (Wildman–Crippen MR) is 76.0 cm³/mol. The molecule has 3 N–H and O–H groups in total. The Bertz CT molecular complexity index is 602. The van der Waals surface area contributed by atoms with Gasteiger partial charge in [0.25, 0.3) is 0 Å². The maximum atomic E-state index is 13.8. The van der Waals surface area contributed by atoms with Gasteiger partial charge in [-0.1, -0.05) is 28.8 Å². The third-order valence-corrected chi connectivity index (χ3v) is 4.26. The third-order valence-electron chi connectivity index (χ3n) is 3.76. The number of imidazole rings is 1. The molecule has 1 aliphatic carbocycles. The van der Waals surface area contributed by atoms with Gasteiger partial charge in [-0.15, -0.1) is 0 Å². The lowest BCUT2D eigenvalue weighted by atomic mass is 9.99. The fourth-order valence-electron chi connectivity index (χ4n) is 2.66. The van der Waals surface area contributed by atoms with Gasteiger partial charge >= 0.3 is 0 Å². The van der Waals surface area contributed by atoms with Gasteiger partial charge in [-0.05, 0) is 31.0 Å². The summed E-state index contributed by atoms with van der Waals surface area (Å²) in [5.41, 5.74) is 7.15. The SMILES string of the molecule is NC1(c2ncc(-c3cc(Br)ccc3F)[nH]2)CCCC1. The van der Waals surface area contributed by atoms with E-state index in [0.29, 0.717) is 11.3 Å². The number of H-pyrrole nitrogens is 1. The summed E-state index contributed by atoms with van der Waals surface area (Å²) in [6, 6.07) is 4.86. The van der Waals surface area contributed by atoms with E-state index in [2.05, 4.69) is 25.9 Å². The molecule has 1 aromatic carbocycles. The number of nitrogens with two attached hydrogens (primary N) is 1. The first kappa shape index (κ1) is 12.8. The molecule has 1 saturated carbocycles. The number of hydrogen-bond acceptors (Lipinski definition) is 2. The topological polar surface area (TPSA) is 54.7 Å². The van der Waals surface area contributed by atoms with Crippen molar-refractivity contribution in [1.82, 2.24) is 9.97 Å². The molecule has 19 heavy (non-hydrogen) atoms. The maximum Gasteiger partial charge on any atom is 0.132 e. The average molecular weight is 324 g/mol. The van der Waals surface area contributed by atoms with Gasteiger partial charge in [-0.25, -0.2) is 9.37 Å². The zero-order valence-corrected chi connectivity index (χ0v) is 12.0. The minimum atomic E-state index is -0.374. The number of hydrogen-bond donors (Lipinski definition) is 2. The fourth-order valence-corrected chi connectivity index (χ4v) is 3.02. The van der Waals surface area contributed by atoms with E-state index in [1.807, 2.05) is 0 Å². The van der Waals surface area contributed by atoms with Crippen molar-refractivity contribution >= 4 is 15.9 Å². The number of aromatic amines is 1. The summed E-state index contributed by atoms with van der Waals surface area (Å²) in [6.45, 7) is 0. The molecule has 0 amide bonds. The molecule has 1 heterocycles. The van der Waals surface area contributed by atoms with Gasteiger partial charge in [0.1, 0.15) is 11.6 Å². The lowest BCUT2D eigenvalue weighted by Gasteiger charge is -2.20. The van der Waals surface area contributed by atoms with Crippen LogP contribution in [-0.2, 0) is 5.54 Å². The van der Waals surface area contributed by atoms with Crippen LogP contribution in [0.25, 0.3) is 11.3 Å². The minimum absolute atomic E-state index is 0.268. The first-order valence-electron chi connectivity index (χ1n) is 6.38. The minimum Gasteiger partial charge on any atom is -0.340 e. The smallest absolute Gasteiger partial charge is 0.132 e. The molecule has 1 fully saturated rings. The summed E-state index contributed by atoms with van der Waals surface area (Å²) in [4.78, 5) is 7.54. The van der Waals surface area contributed by atoms with Crippen LogP contribution in [0.3, 0.4) is 0 Å². The fraction of sp³-hybridized carbons (Fsp3) is 0.357. The summed E-state index contributed by atoms with van der Waals surface area (Å²) in [7, 11) is 0. The normalized spacial score (nSPS) is 17.8. The van der Waals surface area contributed by atoms with Crippen molar-refractivity contribution in [2.45, 2.75) is 31.2 Å². The van der Waals surface area contributed by atoms with Crippen LogP contribution in [0.15, 0.2) is 28.9 Å². The van der Waals surface area contributed by atoms with Crippen molar-refractivity contribution in [3.05, 3.63) is 40.5 Å². The van der Waals surface area contributed by atoms with E-state index < -0.39 is 0 Å². The summed E-state index contributed by atoms with van der Waals surface area (Å²) >= 11 is 3.35. The Morgan fingerprint density at radius 3 is 2.79 bits per heavy atom. The quantitative estimate of drug-likeness (QED) is 0.885. The van der Waals surface area contributed by atoms with Gasteiger partial charge < -0.3 is 10.7 Å². The van der Waals surface area contributed by atoms with Crippen molar-refractivity contribution in [2.75, 3.05) is 0 Å². The zero-order valence-electron chi connectivity index (χ0n) is 10.4. The second-order valence-electron chi connectivity index (χ2n) is 5.13. The van der Waals surface area contributed by atoms with Gasteiger partial charge in [0.15, 0.2) is 0 Å². The summed E-state index contributed by atoms with van der Waals surface area (Å²) in [6.07, 6.45) is 5.77. The lowest BCUT2D eigenvalue weighted by molar-refractivity contribution is 0.436. The van der Waals surface area contributed by atoms with E-state index >= 15 is 0 Å². The Morgan fingerprint density at radius 2 is 2.05 bits per heavy atom. The number of benzene rings is 1. The number of nitrogens with zero attached hydrogens (tertiary/aromatic N) is 1. The Balaban J connectivity index is 1.99. The van der Waals surface area contributed by atoms with E-state index in [-0.39, 0.29) is 11.4 Å². The lowest BCUT2D eigenvalue weighted by Crippen LogP contribution is -2.34. The molecule has 0 radical (unpaired) electrons. The average Bonchev–Trinajstić information content (AvgIpc) is 3.02. The zero-order chi connectivity index (χ0) is 13.5. The first-order chi connectivity index (χ1) is 9.08. The molecule has 2 aromatic rings. The van der Waals surface area contributed by atoms with Crippen molar-refractivity contribution < 1.29 is 4.39 Å². The summed E-state index contributed by atoms with van der Waals surface area (Å²) in [5, 5.41) is 0. The predicted octanol–water partition coefficient (Wildman–Crippen LogP) is 3.71. The largest absolute Gasteiger partial charge is 0.340 e. The van der Waals surface area contributed by atoms with E-state index in [9.17, 15) is 4.39 Å². The number of aromatic nitrogens is 2. The van der Waals surface area contributed by atoms with E-state index in [1.165, 1.54) is 6.07 Å².